The number of hydrogen-bond donors (Lipinski definition) is 0. The summed E-state index contributed by atoms with van der Waals surface area (Å²) in [6.45, 7) is 0. The van der Waals surface area contributed by atoms with Crippen LogP contribution < -0.4 is 4.90 Å². The Labute approximate surface area is 242 Å². The lowest BCUT2D eigenvalue weighted by Crippen LogP contribution is -2.10. The normalized spacial score (nSPS) is 11.8. The van der Waals surface area contributed by atoms with E-state index in [4.69, 9.17) is 4.42 Å². The molecule has 0 aliphatic carbocycles. The fourth-order valence-electron chi connectivity index (χ4n) is 6.70. The quantitative estimate of drug-likeness (QED) is 0.209. The minimum Gasteiger partial charge on any atom is -0.456 e. The number of fused-ring (bicyclic) bond motifs is 10. The Morgan fingerprint density at radius 3 is 1.88 bits per heavy atom. The summed E-state index contributed by atoms with van der Waals surface area (Å²) in [5.74, 6) is 0. The van der Waals surface area contributed by atoms with E-state index in [9.17, 15) is 0 Å². The molecule has 0 amide bonds. The van der Waals surface area contributed by atoms with Crippen LogP contribution in [-0.4, -0.2) is 0 Å². The van der Waals surface area contributed by atoms with Gasteiger partial charge in [0.15, 0.2) is 0 Å². The van der Waals surface area contributed by atoms with Crippen LogP contribution in [-0.2, 0) is 0 Å². The van der Waals surface area contributed by atoms with Crippen LogP contribution in [0, 0.1) is 0 Å². The van der Waals surface area contributed by atoms with Crippen molar-refractivity contribution in [3.8, 4) is 0 Å². The highest BCUT2D eigenvalue weighted by Crippen LogP contribution is 2.45. The minimum absolute atomic E-state index is 0.912. The lowest BCUT2D eigenvalue weighted by Gasteiger charge is -2.28. The fourth-order valence-corrected chi connectivity index (χ4v) is 6.70. The van der Waals surface area contributed by atoms with Gasteiger partial charge in [0.25, 0.3) is 0 Å². The molecule has 1 heterocycles. The van der Waals surface area contributed by atoms with Crippen LogP contribution >= 0.6 is 0 Å². The van der Waals surface area contributed by atoms with Crippen LogP contribution in [0.15, 0.2) is 156 Å². The number of nitrogens with zero attached hydrogens (tertiary/aromatic N) is 1. The summed E-state index contributed by atoms with van der Waals surface area (Å²) in [5.41, 5.74) is 5.21. The van der Waals surface area contributed by atoms with Crippen molar-refractivity contribution < 1.29 is 4.42 Å². The average molecular weight is 536 g/mol. The zero-order valence-electron chi connectivity index (χ0n) is 22.8. The molecule has 8 aromatic carbocycles. The van der Waals surface area contributed by atoms with Gasteiger partial charge in [0.1, 0.15) is 11.2 Å². The molecule has 196 valence electrons. The van der Waals surface area contributed by atoms with Crippen LogP contribution in [0.5, 0.6) is 0 Å². The predicted octanol–water partition coefficient (Wildman–Crippen LogP) is 11.7. The number of anilines is 3. The van der Waals surface area contributed by atoms with E-state index >= 15 is 0 Å². The minimum atomic E-state index is 0.912. The summed E-state index contributed by atoms with van der Waals surface area (Å²) in [6.07, 6.45) is 0. The topological polar surface area (TPSA) is 16.4 Å². The molecule has 0 bridgehead atoms. The smallest absolute Gasteiger partial charge is 0.136 e. The van der Waals surface area contributed by atoms with Crippen LogP contribution in [0.4, 0.5) is 17.1 Å². The van der Waals surface area contributed by atoms with Gasteiger partial charge in [0, 0.05) is 27.5 Å². The second-order valence-corrected chi connectivity index (χ2v) is 10.9. The predicted molar refractivity (Wildman–Crippen MR) is 178 cm³/mol. The molecular formula is C40H25NO. The fraction of sp³-hybridized carbons (Fsp3) is 0. The van der Waals surface area contributed by atoms with Gasteiger partial charge < -0.3 is 9.32 Å². The van der Waals surface area contributed by atoms with E-state index in [-0.39, 0.29) is 0 Å². The average Bonchev–Trinajstić information content (AvgIpc) is 3.45. The van der Waals surface area contributed by atoms with Gasteiger partial charge in [0.05, 0.1) is 5.69 Å². The van der Waals surface area contributed by atoms with E-state index in [0.717, 1.165) is 39.0 Å². The molecular weight excluding hydrogens is 510 g/mol. The molecule has 2 nitrogen and oxygen atoms in total. The number of rotatable bonds is 3. The van der Waals surface area contributed by atoms with Crippen molar-refractivity contribution >= 4 is 82.1 Å². The second kappa shape index (κ2) is 8.95. The number of furan rings is 1. The van der Waals surface area contributed by atoms with Gasteiger partial charge in [-0.2, -0.15) is 0 Å². The summed E-state index contributed by atoms with van der Waals surface area (Å²) in [6, 6.07) is 54.4. The maximum absolute atomic E-state index is 6.26. The standard InChI is InChI=1S/C40H25NO/c1-2-11-28(12-3-1)41(29-21-18-27-20-23-39-40(35(27)24-29)34-16-8-9-17-38(34)42-39)37-25-36-30-13-5-4-10-26(30)19-22-32(36)31-14-6-7-15-33(31)37/h1-25H. The van der Waals surface area contributed by atoms with Crippen LogP contribution in [0.3, 0.4) is 0 Å². The maximum Gasteiger partial charge on any atom is 0.136 e. The number of benzene rings is 8. The molecule has 0 aliphatic heterocycles. The van der Waals surface area contributed by atoms with E-state index in [1.54, 1.807) is 0 Å². The molecule has 0 saturated heterocycles. The molecule has 0 saturated carbocycles. The Morgan fingerprint density at radius 2 is 1.00 bits per heavy atom. The molecule has 0 spiro atoms. The molecule has 1 aromatic heterocycles. The lowest BCUT2D eigenvalue weighted by molar-refractivity contribution is 0.669. The maximum atomic E-state index is 6.26. The van der Waals surface area contributed by atoms with Gasteiger partial charge in [-0.05, 0) is 80.2 Å². The van der Waals surface area contributed by atoms with Crippen molar-refractivity contribution in [2.75, 3.05) is 4.90 Å². The second-order valence-electron chi connectivity index (χ2n) is 10.9. The molecule has 0 aliphatic rings. The third kappa shape index (κ3) is 3.39. The molecule has 0 N–H and O–H groups in total. The first-order valence-electron chi connectivity index (χ1n) is 14.4. The van der Waals surface area contributed by atoms with E-state index in [1.807, 2.05) is 12.1 Å². The SMILES string of the molecule is c1ccc(N(c2ccc3ccc4oc5ccccc5c4c3c2)c2cc3c4ccccc4ccc3c3ccccc23)cc1. The first-order valence-corrected chi connectivity index (χ1v) is 14.4. The van der Waals surface area contributed by atoms with Gasteiger partial charge in [-0.3, -0.25) is 0 Å². The van der Waals surface area contributed by atoms with Crippen molar-refractivity contribution in [3.63, 3.8) is 0 Å². The summed E-state index contributed by atoms with van der Waals surface area (Å²) >= 11 is 0. The molecule has 2 heteroatoms. The highest BCUT2D eigenvalue weighted by molar-refractivity contribution is 6.22. The monoisotopic (exact) mass is 535 g/mol. The Hall–Kier alpha value is -5.60. The van der Waals surface area contributed by atoms with Crippen molar-refractivity contribution in [1.82, 2.24) is 0 Å². The van der Waals surface area contributed by atoms with Crippen LogP contribution in [0.1, 0.15) is 0 Å². The first kappa shape index (κ1) is 23.1. The van der Waals surface area contributed by atoms with Crippen molar-refractivity contribution in [2.45, 2.75) is 0 Å². The van der Waals surface area contributed by atoms with Gasteiger partial charge in [0.2, 0.25) is 0 Å². The van der Waals surface area contributed by atoms with Gasteiger partial charge in [-0.15, -0.1) is 0 Å². The molecule has 42 heavy (non-hydrogen) atoms. The van der Waals surface area contributed by atoms with Gasteiger partial charge in [-0.25, -0.2) is 0 Å². The molecule has 0 unspecified atom stereocenters. The van der Waals surface area contributed by atoms with Crippen molar-refractivity contribution in [2.24, 2.45) is 0 Å². The van der Waals surface area contributed by atoms with E-state index < -0.39 is 0 Å². The zero-order valence-corrected chi connectivity index (χ0v) is 22.8. The molecule has 0 radical (unpaired) electrons. The molecule has 9 rings (SSSR count). The Bertz CT molecular complexity index is 2470. The highest BCUT2D eigenvalue weighted by Gasteiger charge is 2.19. The summed E-state index contributed by atoms with van der Waals surface area (Å²) in [7, 11) is 0. The Kier molecular flexibility index (Phi) is 4.93. The van der Waals surface area contributed by atoms with Gasteiger partial charge in [-0.1, -0.05) is 109 Å². The third-order valence-electron chi connectivity index (χ3n) is 8.60. The third-order valence-corrected chi connectivity index (χ3v) is 8.60. The first-order chi connectivity index (χ1) is 20.8. The van der Waals surface area contributed by atoms with E-state index in [1.165, 1.54) is 43.1 Å². The van der Waals surface area contributed by atoms with Crippen LogP contribution in [0.2, 0.25) is 0 Å². The van der Waals surface area contributed by atoms with Crippen molar-refractivity contribution in [3.05, 3.63) is 152 Å². The summed E-state index contributed by atoms with van der Waals surface area (Å²) < 4.78 is 6.26. The number of hydrogen-bond acceptors (Lipinski definition) is 2. The molecule has 0 fully saturated rings. The lowest BCUT2D eigenvalue weighted by atomic mass is 9.95. The van der Waals surface area contributed by atoms with E-state index in [0.29, 0.717) is 0 Å². The van der Waals surface area contributed by atoms with Gasteiger partial charge >= 0.3 is 0 Å². The Morgan fingerprint density at radius 1 is 0.357 bits per heavy atom. The van der Waals surface area contributed by atoms with Crippen LogP contribution in [0.25, 0.3) is 65.0 Å². The van der Waals surface area contributed by atoms with Crippen molar-refractivity contribution in [1.29, 1.82) is 0 Å². The zero-order chi connectivity index (χ0) is 27.6. The van der Waals surface area contributed by atoms with E-state index in [2.05, 4.69) is 144 Å². The largest absolute Gasteiger partial charge is 0.456 e. The summed E-state index contributed by atoms with van der Waals surface area (Å²) in [5, 5.41) is 12.2. The Balaban J connectivity index is 1.40. The molecule has 9 aromatic rings. The summed E-state index contributed by atoms with van der Waals surface area (Å²) in [4.78, 5) is 2.41. The number of para-hydroxylation sites is 2. The molecule has 0 atom stereocenters. The highest BCUT2D eigenvalue weighted by atomic mass is 16.3.